The van der Waals surface area contributed by atoms with Crippen LogP contribution >= 0.6 is 11.6 Å². The lowest BCUT2D eigenvalue weighted by Crippen LogP contribution is -2.23. The molecule has 1 rings (SSSR count). The molecule has 0 saturated heterocycles. The van der Waals surface area contributed by atoms with Gasteiger partial charge < -0.3 is 0 Å². The molecule has 12 heavy (non-hydrogen) atoms. The Bertz CT molecular complexity index is 386. The molecule has 0 aliphatic heterocycles. The molecule has 1 heterocycles. The third-order valence-electron chi connectivity index (χ3n) is 1.29. The third kappa shape index (κ3) is 1.42. The highest BCUT2D eigenvalue weighted by atomic mass is 35.5. The molecule has 0 aromatic carbocycles. The Morgan fingerprint density at radius 3 is 2.83 bits per heavy atom. The van der Waals surface area contributed by atoms with Crippen molar-refractivity contribution in [2.45, 2.75) is 6.92 Å². The first-order valence-electron chi connectivity index (χ1n) is 2.98. The third-order valence-corrected chi connectivity index (χ3v) is 1.57. The summed E-state index contributed by atoms with van der Waals surface area (Å²) >= 11 is 5.38. The van der Waals surface area contributed by atoms with Crippen molar-refractivity contribution in [3.05, 3.63) is 31.9 Å². The van der Waals surface area contributed by atoms with E-state index >= 15 is 0 Å². The highest BCUT2D eigenvalue weighted by Crippen LogP contribution is 2.19. The molecule has 1 aromatic rings. The number of aromatic nitrogens is 2. The summed E-state index contributed by atoms with van der Waals surface area (Å²) in [5, 5.41) is 12.1. The molecule has 0 fully saturated rings. The molecule has 7 heteroatoms. The van der Waals surface area contributed by atoms with Crippen molar-refractivity contribution < 1.29 is 9.47 Å². The van der Waals surface area contributed by atoms with Gasteiger partial charge >= 0.3 is 5.69 Å². The Morgan fingerprint density at radius 1 is 1.75 bits per heavy atom. The van der Waals surface area contributed by atoms with E-state index in [1.807, 2.05) is 0 Å². The van der Waals surface area contributed by atoms with Gasteiger partial charge in [0.15, 0.2) is 4.54 Å². The van der Waals surface area contributed by atoms with Crippen molar-refractivity contribution in [2.24, 2.45) is 0 Å². The molecule has 0 spiro atoms. The topological polar surface area (TPSA) is 81.9 Å². The predicted octanol–water partition coefficient (Wildman–Crippen LogP) is 0.799. The summed E-state index contributed by atoms with van der Waals surface area (Å²) in [6, 6.07) is 1.10. The second kappa shape index (κ2) is 2.90. The van der Waals surface area contributed by atoms with Gasteiger partial charge in [0, 0.05) is 6.92 Å². The van der Waals surface area contributed by atoms with Crippen LogP contribution in [0.4, 0.5) is 5.69 Å². The summed E-state index contributed by atoms with van der Waals surface area (Å²) in [5.74, 6) is 0. The summed E-state index contributed by atoms with van der Waals surface area (Å²) < 4.78 is 0.356. The van der Waals surface area contributed by atoms with Crippen LogP contribution in [-0.4, -0.2) is 10.0 Å². The van der Waals surface area contributed by atoms with E-state index in [2.05, 4.69) is 5.10 Å². The highest BCUT2D eigenvalue weighted by molar-refractivity contribution is 6.31. The van der Waals surface area contributed by atoms with Gasteiger partial charge in [-0.1, -0.05) is 16.7 Å². The van der Waals surface area contributed by atoms with E-state index in [-0.39, 0.29) is 16.5 Å². The number of H-pyrrole nitrogens is 1. The van der Waals surface area contributed by atoms with Gasteiger partial charge in [-0.15, -0.1) is 0 Å². The maximum Gasteiger partial charge on any atom is 0.316 e. The molecule has 0 saturated carbocycles. The van der Waals surface area contributed by atoms with E-state index in [0.29, 0.717) is 4.54 Å². The van der Waals surface area contributed by atoms with Gasteiger partial charge in [-0.2, -0.15) is 0 Å². The van der Waals surface area contributed by atoms with Gasteiger partial charge in [0.05, 0.1) is 15.9 Å². The van der Waals surface area contributed by atoms with Gasteiger partial charge in [-0.25, -0.2) is 0 Å². The number of aryl methyl sites for hydroxylation is 1. The molecule has 64 valence electrons. The zero-order valence-corrected chi connectivity index (χ0v) is 6.83. The summed E-state index contributed by atoms with van der Waals surface area (Å²) in [5.41, 5.74) is -0.118. The van der Waals surface area contributed by atoms with Crippen molar-refractivity contribution >= 4 is 17.3 Å². The number of rotatable bonds is 1. The maximum atomic E-state index is 10.8. The van der Waals surface area contributed by atoms with Gasteiger partial charge in [0.2, 0.25) is 5.15 Å². The van der Waals surface area contributed by atoms with Crippen LogP contribution in [0.5, 0.6) is 0 Å². The molecule has 6 nitrogen and oxygen atoms in total. The Morgan fingerprint density at radius 2 is 2.33 bits per heavy atom. The Hall–Kier alpha value is -1.43. The normalized spacial score (nSPS) is 9.83. The summed E-state index contributed by atoms with van der Waals surface area (Å²) in [6.45, 7) is 1.44. The average Bonchev–Trinajstić information content (AvgIpc) is 1.96. The minimum atomic E-state index is -0.661. The van der Waals surface area contributed by atoms with Crippen LogP contribution in [0.15, 0.2) is 6.07 Å². The minimum Gasteiger partial charge on any atom is -0.258 e. The van der Waals surface area contributed by atoms with Crippen molar-refractivity contribution in [3.63, 3.8) is 0 Å². The molecular formula is C5H5ClN3O3+. The van der Waals surface area contributed by atoms with Crippen LogP contribution in [0.25, 0.3) is 0 Å². The van der Waals surface area contributed by atoms with Crippen LogP contribution in [-0.2, 0) is 0 Å². The van der Waals surface area contributed by atoms with Crippen molar-refractivity contribution in [2.75, 3.05) is 0 Å². The fourth-order valence-electron chi connectivity index (χ4n) is 0.687. The SMILES string of the molecule is Cc1cc([N+](=O)[O-])c(Cl)[nH][n+]1=O. The minimum absolute atomic E-state index is 0.186. The fraction of sp³-hybridized carbons (Fsp3) is 0.200. The van der Waals surface area contributed by atoms with E-state index in [1.54, 1.807) is 0 Å². The van der Waals surface area contributed by atoms with Gasteiger partial charge in [0.1, 0.15) is 0 Å². The fourth-order valence-corrected chi connectivity index (χ4v) is 0.888. The van der Waals surface area contributed by atoms with Crippen molar-refractivity contribution in [1.82, 2.24) is 5.10 Å². The highest BCUT2D eigenvalue weighted by Gasteiger charge is 2.19. The number of nitro groups is 1. The first-order valence-corrected chi connectivity index (χ1v) is 3.36. The Labute approximate surface area is 71.5 Å². The number of halogens is 1. The first kappa shape index (κ1) is 8.66. The smallest absolute Gasteiger partial charge is 0.258 e. The molecule has 0 radical (unpaired) electrons. The van der Waals surface area contributed by atoms with Crippen LogP contribution in [0.3, 0.4) is 0 Å². The molecule has 0 amide bonds. The molecule has 0 aliphatic rings. The van der Waals surface area contributed by atoms with Crippen LogP contribution in [0, 0.1) is 21.9 Å². The second-order valence-corrected chi connectivity index (χ2v) is 2.53. The molecule has 0 atom stereocenters. The zero-order valence-electron chi connectivity index (χ0n) is 6.07. The lowest BCUT2D eigenvalue weighted by Gasteiger charge is -1.89. The van der Waals surface area contributed by atoms with E-state index in [0.717, 1.165) is 6.07 Å². The standard InChI is InChI=1S/C5H5ClN3O3/c1-3-2-4(9(11)12)5(6)7-8(3)10/h2H,1H3,(H,7,10)/q+1. The number of nitrogens with one attached hydrogen (secondary N) is 1. The van der Waals surface area contributed by atoms with E-state index in [9.17, 15) is 15.0 Å². The molecule has 0 bridgehead atoms. The number of nitrogens with zero attached hydrogens (tertiary/aromatic N) is 2. The number of aromatic amines is 1. The van der Waals surface area contributed by atoms with Gasteiger partial charge in [-0.05, 0) is 0 Å². The molecule has 1 N–H and O–H groups in total. The van der Waals surface area contributed by atoms with Crippen LogP contribution in [0.2, 0.25) is 5.15 Å². The van der Waals surface area contributed by atoms with Gasteiger partial charge in [0.25, 0.3) is 5.69 Å². The summed E-state index contributed by atoms with van der Waals surface area (Å²) in [6.07, 6.45) is 0. The zero-order chi connectivity index (χ0) is 9.30. The Kier molecular flexibility index (Phi) is 2.09. The quantitative estimate of drug-likeness (QED) is 0.404. The summed E-state index contributed by atoms with van der Waals surface area (Å²) in [7, 11) is 0. The van der Waals surface area contributed by atoms with E-state index in [4.69, 9.17) is 11.6 Å². The first-order chi connectivity index (χ1) is 5.52. The molecule has 1 aromatic heterocycles. The maximum absolute atomic E-state index is 10.8. The van der Waals surface area contributed by atoms with Crippen LogP contribution in [0.1, 0.15) is 5.69 Å². The monoisotopic (exact) mass is 190 g/mol. The van der Waals surface area contributed by atoms with Crippen molar-refractivity contribution in [1.29, 1.82) is 0 Å². The molecule has 0 unspecified atom stereocenters. The second-order valence-electron chi connectivity index (χ2n) is 2.15. The number of hydrogen-bond donors (Lipinski definition) is 1. The molecule has 0 aliphatic carbocycles. The predicted molar refractivity (Wildman–Crippen MR) is 40.6 cm³/mol. The lowest BCUT2D eigenvalue weighted by molar-refractivity contribution is -0.572. The van der Waals surface area contributed by atoms with E-state index in [1.165, 1.54) is 6.92 Å². The van der Waals surface area contributed by atoms with Gasteiger partial charge in [-0.3, -0.25) is 10.1 Å². The largest absolute Gasteiger partial charge is 0.316 e. The molecular weight excluding hydrogens is 186 g/mol. The van der Waals surface area contributed by atoms with Crippen LogP contribution < -0.4 is 4.54 Å². The average molecular weight is 191 g/mol. The number of hydrogen-bond acceptors (Lipinski definition) is 3. The van der Waals surface area contributed by atoms with E-state index < -0.39 is 4.92 Å². The summed E-state index contributed by atoms with van der Waals surface area (Å²) in [4.78, 5) is 20.4. The lowest BCUT2D eigenvalue weighted by atomic mass is 10.4. The Balaban J connectivity index is 3.43. The van der Waals surface area contributed by atoms with Crippen molar-refractivity contribution in [3.8, 4) is 0 Å².